The minimum atomic E-state index is -4.44. The second-order valence-corrected chi connectivity index (χ2v) is 6.44. The number of halogens is 4. The Morgan fingerprint density at radius 2 is 1.96 bits per heavy atom. The average molecular weight is 369 g/mol. The Hall–Kier alpha value is -2.08. The van der Waals surface area contributed by atoms with Gasteiger partial charge in [-0.2, -0.15) is 13.2 Å². The van der Waals surface area contributed by atoms with Crippen LogP contribution in [-0.4, -0.2) is 23.4 Å². The number of benzene rings is 1. The molecule has 0 saturated carbocycles. The topological polar surface area (TPSA) is 33.2 Å². The zero-order chi connectivity index (χ0) is 18.0. The Balaban J connectivity index is 1.75. The largest absolute Gasteiger partial charge is 0.416 e. The van der Waals surface area contributed by atoms with Crippen LogP contribution in [0, 0.1) is 0 Å². The summed E-state index contributed by atoms with van der Waals surface area (Å²) in [6.45, 7) is 0.730. The van der Waals surface area contributed by atoms with Gasteiger partial charge in [0.15, 0.2) is 5.78 Å². The number of anilines is 1. The lowest BCUT2D eigenvalue weighted by atomic mass is 10.0. The van der Waals surface area contributed by atoms with Gasteiger partial charge in [0.1, 0.15) is 0 Å². The van der Waals surface area contributed by atoms with E-state index in [0.29, 0.717) is 11.4 Å². The summed E-state index contributed by atoms with van der Waals surface area (Å²) in [4.78, 5) is 18.5. The second kappa shape index (κ2) is 7.04. The Kier molecular flexibility index (Phi) is 4.99. The van der Waals surface area contributed by atoms with Gasteiger partial charge in [-0.25, -0.2) is 0 Å². The molecule has 0 unspecified atom stereocenters. The van der Waals surface area contributed by atoms with Crippen LogP contribution in [0.2, 0.25) is 5.02 Å². The molecule has 0 radical (unpaired) electrons. The molecule has 1 saturated heterocycles. The van der Waals surface area contributed by atoms with Crippen LogP contribution in [0.15, 0.2) is 42.6 Å². The van der Waals surface area contributed by atoms with Crippen molar-refractivity contribution in [1.82, 2.24) is 4.98 Å². The first-order valence-corrected chi connectivity index (χ1v) is 8.29. The molecule has 3 rings (SSSR count). The number of rotatable bonds is 4. The van der Waals surface area contributed by atoms with Crippen molar-refractivity contribution < 1.29 is 18.0 Å². The van der Waals surface area contributed by atoms with Gasteiger partial charge >= 0.3 is 6.18 Å². The maximum Gasteiger partial charge on any atom is 0.416 e. The van der Waals surface area contributed by atoms with Gasteiger partial charge in [0, 0.05) is 29.1 Å². The van der Waals surface area contributed by atoms with E-state index in [1.807, 2.05) is 17.0 Å². The van der Waals surface area contributed by atoms with Crippen molar-refractivity contribution in [3.8, 4) is 0 Å². The molecule has 7 heteroatoms. The zero-order valence-electron chi connectivity index (χ0n) is 13.3. The lowest BCUT2D eigenvalue weighted by Gasteiger charge is -2.26. The van der Waals surface area contributed by atoms with Crippen LogP contribution >= 0.6 is 11.6 Å². The van der Waals surface area contributed by atoms with E-state index in [4.69, 9.17) is 11.6 Å². The normalized spacial score (nSPS) is 17.8. The third-order valence-electron chi connectivity index (χ3n) is 4.28. The fourth-order valence-corrected chi connectivity index (χ4v) is 3.22. The molecule has 0 spiro atoms. The highest BCUT2D eigenvalue weighted by Gasteiger charge is 2.33. The molecule has 1 aliphatic heterocycles. The third kappa shape index (κ3) is 4.12. The maximum atomic E-state index is 12.8. The van der Waals surface area contributed by atoms with Gasteiger partial charge in [0.05, 0.1) is 18.0 Å². The van der Waals surface area contributed by atoms with Gasteiger partial charge in [-0.05, 0) is 49.2 Å². The predicted molar refractivity (Wildman–Crippen MR) is 89.8 cm³/mol. The lowest BCUT2D eigenvalue weighted by Crippen LogP contribution is -2.37. The summed E-state index contributed by atoms with van der Waals surface area (Å²) < 4.78 is 38.4. The molecular weight excluding hydrogens is 353 g/mol. The number of aromatic nitrogens is 1. The maximum absolute atomic E-state index is 12.8. The molecule has 132 valence electrons. The Labute approximate surface area is 148 Å². The van der Waals surface area contributed by atoms with Gasteiger partial charge in [-0.1, -0.05) is 11.6 Å². The predicted octanol–water partition coefficient (Wildman–Crippen LogP) is 4.53. The van der Waals surface area contributed by atoms with Crippen LogP contribution in [-0.2, 0) is 17.4 Å². The number of nitrogens with zero attached hydrogens (tertiary/aromatic N) is 2. The Morgan fingerprint density at radius 1 is 1.24 bits per heavy atom. The highest BCUT2D eigenvalue weighted by molar-refractivity contribution is 6.30. The van der Waals surface area contributed by atoms with Crippen molar-refractivity contribution in [2.24, 2.45) is 0 Å². The van der Waals surface area contributed by atoms with E-state index in [0.717, 1.165) is 37.0 Å². The van der Waals surface area contributed by atoms with Crippen LogP contribution in [0.4, 0.5) is 18.9 Å². The van der Waals surface area contributed by atoms with Gasteiger partial charge in [-0.15, -0.1) is 0 Å². The highest BCUT2D eigenvalue weighted by atomic mass is 35.5. The molecule has 0 bridgehead atoms. The van der Waals surface area contributed by atoms with Crippen molar-refractivity contribution >= 4 is 23.1 Å². The molecule has 25 heavy (non-hydrogen) atoms. The van der Waals surface area contributed by atoms with Crippen molar-refractivity contribution in [3.05, 3.63) is 58.9 Å². The van der Waals surface area contributed by atoms with Gasteiger partial charge in [0.2, 0.25) is 0 Å². The van der Waals surface area contributed by atoms with Crippen molar-refractivity contribution in [1.29, 1.82) is 0 Å². The average Bonchev–Trinajstić information content (AvgIpc) is 3.05. The summed E-state index contributed by atoms with van der Waals surface area (Å²) in [5.74, 6) is -0.126. The number of carbonyl (C=O) groups is 1. The van der Waals surface area contributed by atoms with Crippen LogP contribution in [0.1, 0.15) is 24.1 Å². The Bertz CT molecular complexity index is 762. The Morgan fingerprint density at radius 3 is 2.64 bits per heavy atom. The molecule has 0 N–H and O–H groups in total. The van der Waals surface area contributed by atoms with Crippen LogP contribution < -0.4 is 4.90 Å². The van der Waals surface area contributed by atoms with E-state index in [1.165, 1.54) is 0 Å². The van der Waals surface area contributed by atoms with Gasteiger partial charge < -0.3 is 4.90 Å². The first kappa shape index (κ1) is 17.7. The molecule has 1 atom stereocenters. The van der Waals surface area contributed by atoms with Crippen molar-refractivity contribution in [2.75, 3.05) is 11.4 Å². The van der Waals surface area contributed by atoms with Crippen molar-refractivity contribution in [3.63, 3.8) is 0 Å². The van der Waals surface area contributed by atoms with Crippen LogP contribution in [0.25, 0.3) is 0 Å². The summed E-state index contributed by atoms with van der Waals surface area (Å²) in [5.41, 5.74) is 0.242. The first-order chi connectivity index (χ1) is 11.8. The van der Waals surface area contributed by atoms with E-state index in [1.54, 1.807) is 12.1 Å². The van der Waals surface area contributed by atoms with Gasteiger partial charge in [0.25, 0.3) is 0 Å². The number of pyridine rings is 1. The quantitative estimate of drug-likeness (QED) is 0.794. The molecule has 1 fully saturated rings. The summed E-state index contributed by atoms with van der Waals surface area (Å²) in [7, 11) is 0. The molecule has 1 aromatic carbocycles. The van der Waals surface area contributed by atoms with Crippen LogP contribution in [0.3, 0.4) is 0 Å². The summed E-state index contributed by atoms with van der Waals surface area (Å²) in [6.07, 6.45) is -1.92. The molecule has 0 amide bonds. The smallest absolute Gasteiger partial charge is 0.361 e. The van der Waals surface area contributed by atoms with E-state index >= 15 is 0 Å². The standard InChI is InChI=1S/C18H16ClF3N2O/c19-13-3-5-15(6-4-13)24-9-1-2-16(24)17(25)11-14-10-12(7-8-23-14)18(20,21)22/h3-8,10,16H,1-2,9,11H2/t16-/m0/s1. The van der Waals surface area contributed by atoms with E-state index in [2.05, 4.69) is 4.98 Å². The van der Waals surface area contributed by atoms with Gasteiger partial charge in [-0.3, -0.25) is 9.78 Å². The minimum absolute atomic E-state index is 0.112. The minimum Gasteiger partial charge on any atom is -0.361 e. The fourth-order valence-electron chi connectivity index (χ4n) is 3.09. The number of carbonyl (C=O) groups excluding carboxylic acids is 1. The number of hydrogen-bond donors (Lipinski definition) is 0. The molecule has 3 nitrogen and oxygen atoms in total. The van der Waals surface area contributed by atoms with Crippen molar-refractivity contribution in [2.45, 2.75) is 31.5 Å². The van der Waals surface area contributed by atoms with E-state index in [9.17, 15) is 18.0 Å². The molecule has 2 aromatic rings. The van der Waals surface area contributed by atoms with E-state index in [-0.39, 0.29) is 23.9 Å². The number of alkyl halides is 3. The summed E-state index contributed by atoms with van der Waals surface area (Å²) >= 11 is 5.89. The highest BCUT2D eigenvalue weighted by Crippen LogP contribution is 2.30. The summed E-state index contributed by atoms with van der Waals surface area (Å²) in [5, 5.41) is 0.610. The van der Waals surface area contributed by atoms with Crippen LogP contribution in [0.5, 0.6) is 0 Å². The monoisotopic (exact) mass is 368 g/mol. The first-order valence-electron chi connectivity index (χ1n) is 7.91. The third-order valence-corrected chi connectivity index (χ3v) is 4.53. The molecular formula is C18H16ClF3N2O. The zero-order valence-corrected chi connectivity index (χ0v) is 14.0. The molecule has 0 aliphatic carbocycles. The number of Topliss-reactive ketones (excluding diaryl/α,β-unsaturated/α-hetero) is 1. The molecule has 2 heterocycles. The SMILES string of the molecule is O=C(Cc1cc(C(F)(F)F)ccn1)[C@@H]1CCCN1c1ccc(Cl)cc1. The lowest BCUT2D eigenvalue weighted by molar-refractivity contribution is -0.137. The fraction of sp³-hybridized carbons (Fsp3) is 0.333. The second-order valence-electron chi connectivity index (χ2n) is 6.00. The molecule has 1 aromatic heterocycles. The molecule has 1 aliphatic rings. The van der Waals surface area contributed by atoms with E-state index < -0.39 is 11.7 Å². The number of hydrogen-bond acceptors (Lipinski definition) is 3. The number of ketones is 1. The summed E-state index contributed by atoms with van der Waals surface area (Å²) in [6, 6.07) is 8.70.